The van der Waals surface area contributed by atoms with Gasteiger partial charge in [-0.2, -0.15) is 0 Å². The van der Waals surface area contributed by atoms with Crippen molar-refractivity contribution in [3.63, 3.8) is 0 Å². The van der Waals surface area contributed by atoms with Crippen LogP contribution in [-0.2, 0) is 4.79 Å². The minimum atomic E-state index is -0.673. The molecule has 0 amide bonds. The fourth-order valence-electron chi connectivity index (χ4n) is 0.953. The van der Waals surface area contributed by atoms with Gasteiger partial charge in [-0.15, -0.1) is 0 Å². The highest BCUT2D eigenvalue weighted by molar-refractivity contribution is 6.64. The molecule has 0 heterocycles. The van der Waals surface area contributed by atoms with Gasteiger partial charge in [-0.05, 0) is 30.7 Å². The van der Waals surface area contributed by atoms with Crippen LogP contribution in [0.5, 0.6) is 11.5 Å². The lowest BCUT2D eigenvalue weighted by molar-refractivity contribution is -0.117. The highest BCUT2D eigenvalue weighted by Gasteiger charge is 2.13. The lowest BCUT2D eigenvalue weighted by atomic mass is 10.3. The molecule has 14 heavy (non-hydrogen) atoms. The number of methoxy groups -OCH3 is 1. The van der Waals surface area contributed by atoms with E-state index in [2.05, 4.69) is 0 Å². The topological polar surface area (TPSA) is 35.5 Å². The number of hydrogen-bond acceptors (Lipinski definition) is 3. The fourth-order valence-corrected chi connectivity index (χ4v) is 0.997. The van der Waals surface area contributed by atoms with Crippen molar-refractivity contribution in [3.8, 4) is 11.5 Å². The quantitative estimate of drug-likeness (QED) is 0.721. The standard InChI is InChI=1S/C10H11ClO3/c1-7(10(11)12)14-9-6-4-3-5-8(9)13-2/h3-7H,1-2H3/t7-/m0/s1. The van der Waals surface area contributed by atoms with Gasteiger partial charge in [0.25, 0.3) is 5.24 Å². The van der Waals surface area contributed by atoms with E-state index in [1.165, 1.54) is 7.11 Å². The van der Waals surface area contributed by atoms with E-state index in [1.807, 2.05) is 6.07 Å². The summed E-state index contributed by atoms with van der Waals surface area (Å²) in [5.41, 5.74) is 0. The van der Waals surface area contributed by atoms with Gasteiger partial charge in [0.05, 0.1) is 7.11 Å². The molecular weight excluding hydrogens is 204 g/mol. The van der Waals surface area contributed by atoms with Gasteiger partial charge < -0.3 is 9.47 Å². The van der Waals surface area contributed by atoms with Crippen LogP contribution in [0.2, 0.25) is 0 Å². The number of para-hydroxylation sites is 2. The van der Waals surface area contributed by atoms with E-state index in [0.717, 1.165) is 0 Å². The molecule has 0 aliphatic rings. The number of benzene rings is 1. The highest BCUT2D eigenvalue weighted by atomic mass is 35.5. The second-order valence-electron chi connectivity index (χ2n) is 2.72. The van der Waals surface area contributed by atoms with Crippen LogP contribution in [-0.4, -0.2) is 18.5 Å². The summed E-state index contributed by atoms with van der Waals surface area (Å²) in [4.78, 5) is 10.7. The molecule has 0 aliphatic carbocycles. The Bertz CT molecular complexity index is 325. The molecule has 0 fully saturated rings. The van der Waals surface area contributed by atoms with Crippen LogP contribution in [0, 0.1) is 0 Å². The molecule has 0 saturated carbocycles. The van der Waals surface area contributed by atoms with Crippen molar-refractivity contribution in [2.24, 2.45) is 0 Å². The van der Waals surface area contributed by atoms with Gasteiger partial charge in [-0.1, -0.05) is 12.1 Å². The molecule has 0 saturated heterocycles. The van der Waals surface area contributed by atoms with E-state index >= 15 is 0 Å². The zero-order chi connectivity index (χ0) is 10.6. The summed E-state index contributed by atoms with van der Waals surface area (Å²) in [6, 6.07) is 7.08. The summed E-state index contributed by atoms with van der Waals surface area (Å²) in [6.07, 6.45) is -0.673. The number of halogens is 1. The lowest BCUT2D eigenvalue weighted by Gasteiger charge is -2.13. The molecule has 76 valence electrons. The summed E-state index contributed by atoms with van der Waals surface area (Å²) in [5.74, 6) is 1.09. The molecule has 0 spiro atoms. The number of ether oxygens (including phenoxy) is 2. The summed E-state index contributed by atoms with van der Waals surface area (Å²) in [6.45, 7) is 1.59. The Balaban J connectivity index is 2.80. The highest BCUT2D eigenvalue weighted by Crippen LogP contribution is 2.26. The third kappa shape index (κ3) is 2.64. The molecule has 0 aliphatic heterocycles. The van der Waals surface area contributed by atoms with Gasteiger partial charge in [0.1, 0.15) is 0 Å². The van der Waals surface area contributed by atoms with Gasteiger partial charge in [0.15, 0.2) is 17.6 Å². The average molecular weight is 215 g/mol. The van der Waals surface area contributed by atoms with Gasteiger partial charge in [-0.25, -0.2) is 0 Å². The van der Waals surface area contributed by atoms with Crippen LogP contribution in [0.1, 0.15) is 6.92 Å². The van der Waals surface area contributed by atoms with E-state index < -0.39 is 11.3 Å². The molecule has 0 bridgehead atoms. The lowest BCUT2D eigenvalue weighted by Crippen LogP contribution is -2.19. The molecule has 0 aromatic heterocycles. The monoisotopic (exact) mass is 214 g/mol. The fraction of sp³-hybridized carbons (Fsp3) is 0.300. The number of carbonyl (C=O) groups is 1. The van der Waals surface area contributed by atoms with Crippen molar-refractivity contribution < 1.29 is 14.3 Å². The molecule has 4 heteroatoms. The van der Waals surface area contributed by atoms with Gasteiger partial charge in [-0.3, -0.25) is 4.79 Å². The van der Waals surface area contributed by atoms with E-state index in [-0.39, 0.29) is 0 Å². The van der Waals surface area contributed by atoms with Crippen LogP contribution >= 0.6 is 11.6 Å². The van der Waals surface area contributed by atoms with Crippen molar-refractivity contribution in [1.82, 2.24) is 0 Å². The summed E-state index contributed by atoms with van der Waals surface area (Å²) >= 11 is 5.27. The van der Waals surface area contributed by atoms with E-state index in [1.54, 1.807) is 25.1 Å². The van der Waals surface area contributed by atoms with Gasteiger partial charge >= 0.3 is 0 Å². The first-order valence-corrected chi connectivity index (χ1v) is 4.52. The molecular formula is C10H11ClO3. The van der Waals surface area contributed by atoms with Crippen molar-refractivity contribution in [3.05, 3.63) is 24.3 Å². The molecule has 1 aromatic rings. The Morgan fingerprint density at radius 3 is 2.43 bits per heavy atom. The molecule has 1 rings (SSSR count). The van der Waals surface area contributed by atoms with Crippen LogP contribution in [0.25, 0.3) is 0 Å². The van der Waals surface area contributed by atoms with Crippen molar-refractivity contribution in [1.29, 1.82) is 0 Å². The minimum absolute atomic E-state index is 0.511. The van der Waals surface area contributed by atoms with E-state index in [4.69, 9.17) is 21.1 Å². The zero-order valence-electron chi connectivity index (χ0n) is 7.99. The Morgan fingerprint density at radius 2 is 1.93 bits per heavy atom. The van der Waals surface area contributed by atoms with Crippen LogP contribution in [0.15, 0.2) is 24.3 Å². The second-order valence-corrected chi connectivity index (χ2v) is 3.09. The first kappa shape index (κ1) is 10.9. The Kier molecular flexibility index (Phi) is 3.77. The number of rotatable bonds is 4. The SMILES string of the molecule is COc1ccccc1O[C@@H](C)C(=O)Cl. The molecule has 0 N–H and O–H groups in total. The van der Waals surface area contributed by atoms with Crippen molar-refractivity contribution in [2.75, 3.05) is 7.11 Å². The zero-order valence-corrected chi connectivity index (χ0v) is 8.75. The Hall–Kier alpha value is -1.22. The molecule has 0 radical (unpaired) electrons. The molecule has 1 atom stereocenters. The summed E-state index contributed by atoms with van der Waals surface area (Å²) < 4.78 is 10.3. The molecule has 3 nitrogen and oxygen atoms in total. The maximum Gasteiger partial charge on any atom is 0.262 e. The smallest absolute Gasteiger partial charge is 0.262 e. The van der Waals surface area contributed by atoms with Crippen molar-refractivity contribution >= 4 is 16.8 Å². The van der Waals surface area contributed by atoms with E-state index in [9.17, 15) is 4.79 Å². The normalized spacial score (nSPS) is 11.9. The van der Waals surface area contributed by atoms with Crippen LogP contribution in [0.4, 0.5) is 0 Å². The third-order valence-electron chi connectivity index (χ3n) is 1.69. The largest absolute Gasteiger partial charge is 0.493 e. The predicted molar refractivity (Wildman–Crippen MR) is 53.9 cm³/mol. The first-order valence-electron chi connectivity index (χ1n) is 4.14. The first-order chi connectivity index (χ1) is 6.65. The molecule has 1 aromatic carbocycles. The summed E-state index contributed by atoms with van der Waals surface area (Å²) in [7, 11) is 1.54. The third-order valence-corrected chi connectivity index (χ3v) is 2.00. The Morgan fingerprint density at radius 1 is 1.36 bits per heavy atom. The summed E-state index contributed by atoms with van der Waals surface area (Å²) in [5, 5.41) is -0.532. The average Bonchev–Trinajstić information content (AvgIpc) is 2.18. The minimum Gasteiger partial charge on any atom is -0.493 e. The second kappa shape index (κ2) is 4.86. The maximum absolute atomic E-state index is 10.7. The Labute approximate surface area is 87.6 Å². The van der Waals surface area contributed by atoms with Gasteiger partial charge in [0, 0.05) is 0 Å². The van der Waals surface area contributed by atoms with Crippen LogP contribution in [0.3, 0.4) is 0 Å². The maximum atomic E-state index is 10.7. The van der Waals surface area contributed by atoms with Crippen molar-refractivity contribution in [2.45, 2.75) is 13.0 Å². The van der Waals surface area contributed by atoms with Crippen LogP contribution < -0.4 is 9.47 Å². The van der Waals surface area contributed by atoms with E-state index in [0.29, 0.717) is 11.5 Å². The predicted octanol–water partition coefficient (Wildman–Crippen LogP) is 2.23. The molecule has 0 unspecified atom stereocenters. The number of hydrogen-bond donors (Lipinski definition) is 0. The number of carbonyl (C=O) groups excluding carboxylic acids is 1. The van der Waals surface area contributed by atoms with Gasteiger partial charge in [0.2, 0.25) is 0 Å².